The Morgan fingerprint density at radius 1 is 1.65 bits per heavy atom. The second kappa shape index (κ2) is 5.56. The van der Waals surface area contributed by atoms with Crippen LogP contribution in [0.2, 0.25) is 0 Å². The van der Waals surface area contributed by atoms with Crippen LogP contribution in [0, 0.1) is 10.1 Å². The molecule has 0 saturated heterocycles. The molecule has 1 aromatic rings. The van der Waals surface area contributed by atoms with Gasteiger partial charge in [-0.05, 0) is 32.1 Å². The SMILES string of the molecule is CSc1ccnc(OC2(C)CC2)c1[N+](=O)[O-].[H-].[Na+]. The second-order valence-electron chi connectivity index (χ2n) is 3.98. The van der Waals surface area contributed by atoms with Crippen LogP contribution < -0.4 is 34.3 Å². The van der Waals surface area contributed by atoms with Gasteiger partial charge in [-0.3, -0.25) is 10.1 Å². The minimum atomic E-state index is -0.431. The predicted molar refractivity (Wildman–Crippen MR) is 62.1 cm³/mol. The standard InChI is InChI=1S/C10H12N2O3S.Na.H/c1-10(4-5-10)15-9-8(12(13)14)7(16-2)3-6-11-9;;/h3,6H,4-5H2,1-2H3;;/q;+1;-1. The van der Waals surface area contributed by atoms with Crippen LogP contribution in [-0.2, 0) is 0 Å². The molecule has 7 heteroatoms. The van der Waals surface area contributed by atoms with Crippen molar-refractivity contribution in [2.24, 2.45) is 0 Å². The van der Waals surface area contributed by atoms with Crippen molar-refractivity contribution in [2.75, 3.05) is 6.26 Å². The Kier molecular flexibility index (Phi) is 4.83. The molecular formula is C10H13N2NaO3S. The van der Waals surface area contributed by atoms with Gasteiger partial charge in [0.25, 0.3) is 5.88 Å². The van der Waals surface area contributed by atoms with Crippen LogP contribution >= 0.6 is 11.8 Å². The van der Waals surface area contributed by atoms with Gasteiger partial charge in [0.2, 0.25) is 0 Å². The van der Waals surface area contributed by atoms with Gasteiger partial charge in [0, 0.05) is 6.20 Å². The van der Waals surface area contributed by atoms with Crippen LogP contribution in [0.4, 0.5) is 5.69 Å². The van der Waals surface area contributed by atoms with Gasteiger partial charge in [-0.15, -0.1) is 11.8 Å². The minimum absolute atomic E-state index is 0. The van der Waals surface area contributed by atoms with Crippen molar-refractivity contribution in [3.05, 3.63) is 22.4 Å². The van der Waals surface area contributed by atoms with E-state index in [2.05, 4.69) is 4.98 Å². The van der Waals surface area contributed by atoms with Crippen molar-refractivity contribution in [2.45, 2.75) is 30.3 Å². The molecule has 1 fully saturated rings. The third-order valence-corrected chi connectivity index (χ3v) is 3.32. The van der Waals surface area contributed by atoms with Gasteiger partial charge >= 0.3 is 35.2 Å². The Morgan fingerprint density at radius 3 is 2.76 bits per heavy atom. The largest absolute Gasteiger partial charge is 1.00 e. The Labute approximate surface area is 127 Å². The first-order valence-electron chi connectivity index (χ1n) is 4.92. The summed E-state index contributed by atoms with van der Waals surface area (Å²) < 4.78 is 5.58. The molecule has 0 N–H and O–H groups in total. The van der Waals surface area contributed by atoms with Crippen molar-refractivity contribution in [3.8, 4) is 5.88 Å². The number of nitro groups is 1. The zero-order valence-corrected chi connectivity index (χ0v) is 12.9. The molecule has 88 valence electrons. The number of rotatable bonds is 4. The van der Waals surface area contributed by atoms with E-state index in [1.807, 2.05) is 6.92 Å². The summed E-state index contributed by atoms with van der Waals surface area (Å²) in [6.07, 6.45) is 5.19. The van der Waals surface area contributed by atoms with E-state index in [0.717, 1.165) is 12.8 Å². The molecule has 1 aromatic heterocycles. The average molecular weight is 264 g/mol. The smallest absolute Gasteiger partial charge is 1.00 e. The topological polar surface area (TPSA) is 65.3 Å². The van der Waals surface area contributed by atoms with E-state index in [1.165, 1.54) is 11.8 Å². The molecule has 1 aliphatic carbocycles. The summed E-state index contributed by atoms with van der Waals surface area (Å²) in [5, 5.41) is 11.0. The van der Waals surface area contributed by atoms with Crippen molar-refractivity contribution in [1.29, 1.82) is 0 Å². The van der Waals surface area contributed by atoms with Crippen molar-refractivity contribution in [3.63, 3.8) is 0 Å². The van der Waals surface area contributed by atoms with E-state index >= 15 is 0 Å². The Bertz CT molecular complexity index is 443. The quantitative estimate of drug-likeness (QED) is 0.325. The molecule has 0 unspecified atom stereocenters. The molecule has 17 heavy (non-hydrogen) atoms. The van der Waals surface area contributed by atoms with Gasteiger partial charge in [-0.1, -0.05) is 0 Å². The molecule has 5 nitrogen and oxygen atoms in total. The number of pyridine rings is 1. The summed E-state index contributed by atoms with van der Waals surface area (Å²) in [4.78, 5) is 15.1. The van der Waals surface area contributed by atoms with Crippen molar-refractivity contribution < 1.29 is 40.6 Å². The van der Waals surface area contributed by atoms with Gasteiger partial charge in [0.15, 0.2) is 0 Å². The minimum Gasteiger partial charge on any atom is -1.00 e. The maximum atomic E-state index is 11.0. The van der Waals surface area contributed by atoms with Crippen LogP contribution in [0.5, 0.6) is 5.88 Å². The van der Waals surface area contributed by atoms with E-state index in [-0.39, 0.29) is 48.2 Å². The Balaban J connectivity index is 0.00000144. The molecule has 0 aromatic carbocycles. The molecule has 1 aliphatic rings. The van der Waals surface area contributed by atoms with Gasteiger partial charge in [0.05, 0.1) is 9.82 Å². The molecule has 0 radical (unpaired) electrons. The predicted octanol–water partition coefficient (Wildman–Crippen LogP) is -0.240. The van der Waals surface area contributed by atoms with Crippen LogP contribution in [0.3, 0.4) is 0 Å². The monoisotopic (exact) mass is 264 g/mol. The van der Waals surface area contributed by atoms with E-state index in [9.17, 15) is 10.1 Å². The van der Waals surface area contributed by atoms with E-state index in [4.69, 9.17) is 4.74 Å². The first-order valence-corrected chi connectivity index (χ1v) is 6.15. The Morgan fingerprint density at radius 2 is 2.29 bits per heavy atom. The zero-order chi connectivity index (χ0) is 11.8. The van der Waals surface area contributed by atoms with Gasteiger partial charge in [0.1, 0.15) is 5.60 Å². The zero-order valence-electron chi connectivity index (χ0n) is 11.1. The van der Waals surface area contributed by atoms with E-state index in [0.29, 0.717) is 4.90 Å². The van der Waals surface area contributed by atoms with Crippen LogP contribution in [0.1, 0.15) is 21.2 Å². The molecule has 0 aliphatic heterocycles. The normalized spacial score (nSPS) is 15.9. The summed E-state index contributed by atoms with van der Waals surface area (Å²) in [7, 11) is 0. The van der Waals surface area contributed by atoms with E-state index < -0.39 is 4.92 Å². The third-order valence-electron chi connectivity index (χ3n) is 2.55. The first kappa shape index (κ1) is 14.8. The molecule has 1 saturated carbocycles. The fraction of sp³-hybridized carbons (Fsp3) is 0.500. The first-order chi connectivity index (χ1) is 7.56. The maximum absolute atomic E-state index is 11.0. The number of thioether (sulfide) groups is 1. The number of ether oxygens (including phenoxy) is 1. The summed E-state index contributed by atoms with van der Waals surface area (Å²) in [5.41, 5.74) is -0.280. The van der Waals surface area contributed by atoms with E-state index in [1.54, 1.807) is 18.5 Å². The number of hydrogen-bond acceptors (Lipinski definition) is 5. The second-order valence-corrected chi connectivity index (χ2v) is 4.82. The maximum Gasteiger partial charge on any atom is 1.00 e. The number of nitrogens with zero attached hydrogens (tertiary/aromatic N) is 2. The van der Waals surface area contributed by atoms with Gasteiger partial charge in [-0.2, -0.15) is 0 Å². The molecule has 0 amide bonds. The molecule has 0 spiro atoms. The van der Waals surface area contributed by atoms with Crippen LogP contribution in [0.15, 0.2) is 17.2 Å². The molecule has 2 rings (SSSR count). The Hall–Kier alpha value is -0.300. The number of hydrogen-bond donors (Lipinski definition) is 0. The summed E-state index contributed by atoms with van der Waals surface area (Å²) in [6.45, 7) is 1.93. The van der Waals surface area contributed by atoms with Crippen LogP contribution in [-0.4, -0.2) is 21.8 Å². The fourth-order valence-corrected chi connectivity index (χ4v) is 1.89. The summed E-state index contributed by atoms with van der Waals surface area (Å²) in [6, 6.07) is 1.63. The van der Waals surface area contributed by atoms with Gasteiger partial charge < -0.3 is 6.16 Å². The molecule has 0 bridgehead atoms. The summed E-state index contributed by atoms with van der Waals surface area (Å²) in [5.74, 6) is 0.136. The fourth-order valence-electron chi connectivity index (χ4n) is 1.34. The average Bonchev–Trinajstić information content (AvgIpc) is 2.95. The molecule has 1 heterocycles. The van der Waals surface area contributed by atoms with Gasteiger partial charge in [-0.25, -0.2) is 4.98 Å². The van der Waals surface area contributed by atoms with Crippen molar-refractivity contribution >= 4 is 17.4 Å². The summed E-state index contributed by atoms with van der Waals surface area (Å²) >= 11 is 1.32. The molecular weight excluding hydrogens is 251 g/mol. The number of aromatic nitrogens is 1. The third kappa shape index (κ3) is 3.34. The van der Waals surface area contributed by atoms with Crippen molar-refractivity contribution in [1.82, 2.24) is 4.98 Å². The molecule has 0 atom stereocenters. The van der Waals surface area contributed by atoms with Crippen LogP contribution in [0.25, 0.3) is 0 Å².